The highest BCUT2D eigenvalue weighted by Crippen LogP contribution is 2.25. The molecule has 0 aliphatic carbocycles. The SMILES string of the molecule is Cc1oc(-c2cc(F)ccc2F)nc1C(=O)N=C(N)N. The molecule has 0 saturated heterocycles. The molecular weight excluding hydrogens is 270 g/mol. The zero-order valence-electron chi connectivity index (χ0n) is 10.4. The number of aromatic nitrogens is 1. The number of aryl methyl sites for hydroxylation is 1. The largest absolute Gasteiger partial charge is 0.440 e. The van der Waals surface area contributed by atoms with E-state index in [1.165, 1.54) is 6.92 Å². The fourth-order valence-electron chi connectivity index (χ4n) is 1.54. The summed E-state index contributed by atoms with van der Waals surface area (Å²) in [5, 5.41) is 0. The average Bonchev–Trinajstić information content (AvgIpc) is 2.73. The van der Waals surface area contributed by atoms with Gasteiger partial charge in [-0.1, -0.05) is 0 Å². The molecule has 8 heteroatoms. The van der Waals surface area contributed by atoms with Gasteiger partial charge in [0.1, 0.15) is 17.4 Å². The maximum absolute atomic E-state index is 13.6. The van der Waals surface area contributed by atoms with E-state index < -0.39 is 23.5 Å². The van der Waals surface area contributed by atoms with Gasteiger partial charge in [-0.25, -0.2) is 13.8 Å². The number of carbonyl (C=O) groups excluding carboxylic acids is 1. The van der Waals surface area contributed by atoms with Gasteiger partial charge in [-0.05, 0) is 25.1 Å². The maximum Gasteiger partial charge on any atom is 0.302 e. The van der Waals surface area contributed by atoms with Crippen molar-refractivity contribution in [1.82, 2.24) is 4.98 Å². The summed E-state index contributed by atoms with van der Waals surface area (Å²) in [5.74, 6) is -2.78. The second-order valence-corrected chi connectivity index (χ2v) is 3.89. The van der Waals surface area contributed by atoms with E-state index >= 15 is 0 Å². The number of carbonyl (C=O) groups is 1. The minimum atomic E-state index is -0.825. The number of nitrogens with zero attached hydrogens (tertiary/aromatic N) is 2. The van der Waals surface area contributed by atoms with Crippen LogP contribution in [0.15, 0.2) is 27.6 Å². The van der Waals surface area contributed by atoms with Crippen molar-refractivity contribution in [2.24, 2.45) is 16.5 Å². The molecule has 4 N–H and O–H groups in total. The first-order valence-corrected chi connectivity index (χ1v) is 5.45. The van der Waals surface area contributed by atoms with Crippen LogP contribution in [0.2, 0.25) is 0 Å². The lowest BCUT2D eigenvalue weighted by atomic mass is 10.2. The Morgan fingerprint density at radius 1 is 1.35 bits per heavy atom. The van der Waals surface area contributed by atoms with Crippen molar-refractivity contribution in [3.05, 3.63) is 41.3 Å². The smallest absolute Gasteiger partial charge is 0.302 e. The molecule has 1 heterocycles. The highest BCUT2D eigenvalue weighted by Gasteiger charge is 2.20. The first kappa shape index (κ1) is 13.7. The van der Waals surface area contributed by atoms with Crippen LogP contribution in [0, 0.1) is 18.6 Å². The predicted octanol–water partition coefficient (Wildman–Crippen LogP) is 1.34. The van der Waals surface area contributed by atoms with Gasteiger partial charge in [0.05, 0.1) is 5.56 Å². The van der Waals surface area contributed by atoms with Crippen LogP contribution < -0.4 is 11.5 Å². The van der Waals surface area contributed by atoms with Crippen LogP contribution in [0.1, 0.15) is 16.2 Å². The maximum atomic E-state index is 13.6. The molecule has 0 bridgehead atoms. The zero-order valence-corrected chi connectivity index (χ0v) is 10.4. The number of nitrogens with two attached hydrogens (primary N) is 2. The van der Waals surface area contributed by atoms with Gasteiger partial charge in [-0.15, -0.1) is 0 Å². The van der Waals surface area contributed by atoms with Gasteiger partial charge < -0.3 is 15.9 Å². The van der Waals surface area contributed by atoms with Crippen molar-refractivity contribution in [3.8, 4) is 11.5 Å². The van der Waals surface area contributed by atoms with E-state index in [1.807, 2.05) is 0 Å². The van der Waals surface area contributed by atoms with E-state index in [0.717, 1.165) is 18.2 Å². The Morgan fingerprint density at radius 2 is 2.05 bits per heavy atom. The molecule has 0 saturated carbocycles. The van der Waals surface area contributed by atoms with E-state index in [2.05, 4.69) is 9.98 Å². The summed E-state index contributed by atoms with van der Waals surface area (Å²) >= 11 is 0. The van der Waals surface area contributed by atoms with Crippen molar-refractivity contribution in [3.63, 3.8) is 0 Å². The van der Waals surface area contributed by atoms with Gasteiger partial charge in [0, 0.05) is 0 Å². The van der Waals surface area contributed by atoms with Crippen LogP contribution in [-0.2, 0) is 0 Å². The van der Waals surface area contributed by atoms with E-state index in [-0.39, 0.29) is 22.9 Å². The molecule has 0 aliphatic rings. The van der Waals surface area contributed by atoms with Crippen molar-refractivity contribution in [2.75, 3.05) is 0 Å². The predicted molar refractivity (Wildman–Crippen MR) is 66.7 cm³/mol. The summed E-state index contributed by atoms with van der Waals surface area (Å²) in [7, 11) is 0. The normalized spacial score (nSPS) is 10.3. The first-order valence-electron chi connectivity index (χ1n) is 5.45. The Bertz CT molecular complexity index is 705. The highest BCUT2D eigenvalue weighted by molar-refractivity contribution is 6.01. The third kappa shape index (κ3) is 2.63. The molecule has 104 valence electrons. The molecule has 1 aromatic heterocycles. The van der Waals surface area contributed by atoms with E-state index in [4.69, 9.17) is 15.9 Å². The molecular formula is C12H10F2N4O2. The summed E-state index contributed by atoms with van der Waals surface area (Å²) < 4.78 is 31.9. The Morgan fingerprint density at radius 3 is 2.70 bits per heavy atom. The van der Waals surface area contributed by atoms with Gasteiger partial charge in [0.15, 0.2) is 11.7 Å². The fraction of sp³-hybridized carbons (Fsp3) is 0.0833. The topological polar surface area (TPSA) is 108 Å². The first-order chi connectivity index (χ1) is 9.38. The van der Waals surface area contributed by atoms with Gasteiger partial charge >= 0.3 is 5.91 Å². The molecule has 0 aliphatic heterocycles. The van der Waals surface area contributed by atoms with Crippen molar-refractivity contribution in [2.45, 2.75) is 6.92 Å². The molecule has 0 fully saturated rings. The summed E-state index contributed by atoms with van der Waals surface area (Å²) in [6.45, 7) is 1.43. The number of aliphatic imine (C=N–C) groups is 1. The van der Waals surface area contributed by atoms with Gasteiger partial charge in [-0.3, -0.25) is 4.79 Å². The van der Waals surface area contributed by atoms with Crippen LogP contribution in [0.4, 0.5) is 8.78 Å². The second kappa shape index (κ2) is 5.08. The molecule has 2 rings (SSSR count). The van der Waals surface area contributed by atoms with Gasteiger partial charge in [-0.2, -0.15) is 4.99 Å². The molecule has 2 aromatic rings. The average molecular weight is 280 g/mol. The standard InChI is InChI=1S/C12H10F2N4O2/c1-5-9(10(19)18-12(15)16)17-11(20-5)7-4-6(13)2-3-8(7)14/h2-4H,1H3,(H4,15,16,18,19). The second-order valence-electron chi connectivity index (χ2n) is 3.89. The minimum absolute atomic E-state index is 0.0960. The molecule has 6 nitrogen and oxygen atoms in total. The molecule has 20 heavy (non-hydrogen) atoms. The molecule has 0 spiro atoms. The summed E-state index contributed by atoms with van der Waals surface area (Å²) in [6.07, 6.45) is 0. The Kier molecular flexibility index (Phi) is 3.47. The van der Waals surface area contributed by atoms with Crippen molar-refractivity contribution < 1.29 is 18.0 Å². The lowest BCUT2D eigenvalue weighted by Crippen LogP contribution is -2.24. The number of halogens is 2. The summed E-state index contributed by atoms with van der Waals surface area (Å²) in [6, 6.07) is 2.80. The zero-order chi connectivity index (χ0) is 14.9. The number of rotatable bonds is 2. The number of benzene rings is 1. The Labute approximate surface area is 112 Å². The van der Waals surface area contributed by atoms with Crippen molar-refractivity contribution in [1.29, 1.82) is 0 Å². The van der Waals surface area contributed by atoms with E-state index in [9.17, 15) is 13.6 Å². The van der Waals surface area contributed by atoms with Crippen LogP contribution in [-0.4, -0.2) is 16.9 Å². The fourth-order valence-corrected chi connectivity index (χ4v) is 1.54. The number of oxazole rings is 1. The number of hydrogen-bond acceptors (Lipinski definition) is 3. The van der Waals surface area contributed by atoms with Crippen LogP contribution in [0.3, 0.4) is 0 Å². The monoisotopic (exact) mass is 280 g/mol. The van der Waals surface area contributed by atoms with Gasteiger partial charge in [0.25, 0.3) is 0 Å². The van der Waals surface area contributed by atoms with Crippen molar-refractivity contribution >= 4 is 11.9 Å². The highest BCUT2D eigenvalue weighted by atomic mass is 19.1. The number of amides is 1. The summed E-state index contributed by atoms with van der Waals surface area (Å²) in [5.41, 5.74) is 9.80. The van der Waals surface area contributed by atoms with Crippen LogP contribution in [0.25, 0.3) is 11.5 Å². The van der Waals surface area contributed by atoms with Crippen LogP contribution in [0.5, 0.6) is 0 Å². The van der Waals surface area contributed by atoms with E-state index in [1.54, 1.807) is 0 Å². The minimum Gasteiger partial charge on any atom is -0.440 e. The third-order valence-electron chi connectivity index (χ3n) is 2.39. The van der Waals surface area contributed by atoms with Gasteiger partial charge in [0.2, 0.25) is 5.89 Å². The lowest BCUT2D eigenvalue weighted by molar-refractivity contribution is 0.0997. The number of hydrogen-bond donors (Lipinski definition) is 2. The molecule has 0 atom stereocenters. The molecule has 1 aromatic carbocycles. The quantitative estimate of drug-likeness (QED) is 0.637. The Hall–Kier alpha value is -2.77. The molecule has 0 radical (unpaired) electrons. The number of guanidine groups is 1. The summed E-state index contributed by atoms with van der Waals surface area (Å²) in [4.78, 5) is 18.7. The molecule has 0 unspecified atom stereocenters. The third-order valence-corrected chi connectivity index (χ3v) is 2.39. The molecule has 1 amide bonds. The Balaban J connectivity index is 2.49. The van der Waals surface area contributed by atoms with Crippen LogP contribution >= 0.6 is 0 Å². The lowest BCUT2D eigenvalue weighted by Gasteiger charge is -1.97. The van der Waals surface area contributed by atoms with E-state index in [0.29, 0.717) is 0 Å².